The minimum absolute atomic E-state index is 0.0418. The number of nitrogens with zero attached hydrogens (tertiary/aromatic N) is 1. The van der Waals surface area contributed by atoms with Crippen molar-refractivity contribution in [3.8, 4) is 0 Å². The zero-order chi connectivity index (χ0) is 20.0. The molecule has 2 heterocycles. The van der Waals surface area contributed by atoms with Crippen LogP contribution in [0.3, 0.4) is 0 Å². The van der Waals surface area contributed by atoms with Gasteiger partial charge in [-0.25, -0.2) is 30.7 Å². The SMILES string of the molecule is O=S1(=O)CC[C@H](NN([C@H]2CCS(=O)(=O)C2)S(=O)(=O)c2ccc(Cl)c(Cl)c2)C1. The molecular weight excluding hydrogens is 459 g/mol. The van der Waals surface area contributed by atoms with Crippen LogP contribution in [0.1, 0.15) is 12.8 Å². The molecule has 8 nitrogen and oxygen atoms in total. The van der Waals surface area contributed by atoms with E-state index in [2.05, 4.69) is 5.43 Å². The third kappa shape index (κ3) is 4.77. The lowest BCUT2D eigenvalue weighted by molar-refractivity contribution is 0.229. The highest BCUT2D eigenvalue weighted by atomic mass is 35.5. The topological polar surface area (TPSA) is 118 Å². The molecule has 0 aliphatic carbocycles. The molecule has 2 aliphatic rings. The molecule has 0 bridgehead atoms. The van der Waals surface area contributed by atoms with Crippen molar-refractivity contribution in [2.75, 3.05) is 23.0 Å². The van der Waals surface area contributed by atoms with Gasteiger partial charge in [0.25, 0.3) is 10.0 Å². The molecular formula is C14H18Cl2N2O6S3. The van der Waals surface area contributed by atoms with Crippen molar-refractivity contribution in [1.29, 1.82) is 0 Å². The molecule has 1 N–H and O–H groups in total. The number of sulfone groups is 2. The van der Waals surface area contributed by atoms with Crippen molar-refractivity contribution in [1.82, 2.24) is 9.84 Å². The van der Waals surface area contributed by atoms with Crippen LogP contribution in [-0.4, -0.2) is 64.8 Å². The molecule has 0 aromatic heterocycles. The highest BCUT2D eigenvalue weighted by Crippen LogP contribution is 2.29. The lowest BCUT2D eigenvalue weighted by Gasteiger charge is -2.30. The van der Waals surface area contributed by atoms with Gasteiger partial charge in [0.05, 0.1) is 44.0 Å². The summed E-state index contributed by atoms with van der Waals surface area (Å²) in [7, 11) is -10.8. The number of benzene rings is 1. The average Bonchev–Trinajstić information content (AvgIpc) is 3.08. The van der Waals surface area contributed by atoms with Crippen molar-refractivity contribution < 1.29 is 25.3 Å². The van der Waals surface area contributed by atoms with Crippen molar-refractivity contribution in [3.63, 3.8) is 0 Å². The molecule has 27 heavy (non-hydrogen) atoms. The van der Waals surface area contributed by atoms with E-state index in [1.165, 1.54) is 18.2 Å². The summed E-state index contributed by atoms with van der Waals surface area (Å²) in [6.07, 6.45) is 0.366. The van der Waals surface area contributed by atoms with E-state index < -0.39 is 41.8 Å². The summed E-state index contributed by atoms with van der Waals surface area (Å²) >= 11 is 11.8. The Morgan fingerprint density at radius 2 is 1.59 bits per heavy atom. The van der Waals surface area contributed by atoms with Crippen LogP contribution in [0.15, 0.2) is 23.1 Å². The zero-order valence-corrected chi connectivity index (χ0v) is 18.0. The Hall–Kier alpha value is -0.430. The number of nitrogens with one attached hydrogen (secondary N) is 1. The number of hydrogen-bond acceptors (Lipinski definition) is 7. The first-order valence-electron chi connectivity index (χ1n) is 8.06. The van der Waals surface area contributed by atoms with E-state index in [0.29, 0.717) is 0 Å². The molecule has 0 amide bonds. The maximum atomic E-state index is 13.2. The van der Waals surface area contributed by atoms with E-state index >= 15 is 0 Å². The monoisotopic (exact) mass is 476 g/mol. The van der Waals surface area contributed by atoms with Gasteiger partial charge in [-0.15, -0.1) is 4.41 Å². The smallest absolute Gasteiger partial charge is 0.237 e. The summed E-state index contributed by atoms with van der Waals surface area (Å²) in [4.78, 5) is -0.158. The fourth-order valence-electron chi connectivity index (χ4n) is 3.16. The Kier molecular flexibility index (Phi) is 5.86. The maximum absolute atomic E-state index is 13.2. The molecule has 2 saturated heterocycles. The minimum Gasteiger partial charge on any atom is -0.237 e. The van der Waals surface area contributed by atoms with Crippen LogP contribution in [0.25, 0.3) is 0 Å². The van der Waals surface area contributed by atoms with Crippen molar-refractivity contribution in [2.45, 2.75) is 29.8 Å². The Labute approximate surface area is 168 Å². The molecule has 2 aliphatic heterocycles. The van der Waals surface area contributed by atoms with Crippen LogP contribution < -0.4 is 5.43 Å². The Balaban J connectivity index is 1.96. The molecule has 3 rings (SSSR count). The first-order valence-corrected chi connectivity index (χ1v) is 13.9. The Bertz CT molecular complexity index is 1060. The second-order valence-electron chi connectivity index (χ2n) is 6.66. The summed E-state index contributed by atoms with van der Waals surface area (Å²) in [6.45, 7) is 0. The Morgan fingerprint density at radius 1 is 0.963 bits per heavy atom. The van der Waals surface area contributed by atoms with E-state index in [1.54, 1.807) is 0 Å². The lowest BCUT2D eigenvalue weighted by Crippen LogP contribution is -2.54. The normalized spacial score (nSPS) is 27.2. The fraction of sp³-hybridized carbons (Fsp3) is 0.571. The first-order chi connectivity index (χ1) is 12.4. The largest absolute Gasteiger partial charge is 0.256 e. The van der Waals surface area contributed by atoms with Crippen molar-refractivity contribution in [3.05, 3.63) is 28.2 Å². The van der Waals surface area contributed by atoms with E-state index in [9.17, 15) is 25.3 Å². The average molecular weight is 477 g/mol. The van der Waals surface area contributed by atoms with Gasteiger partial charge in [-0.3, -0.25) is 0 Å². The minimum atomic E-state index is -4.18. The summed E-state index contributed by atoms with van der Waals surface area (Å²) in [5, 5.41) is 0.223. The van der Waals surface area contributed by atoms with E-state index in [-0.39, 0.29) is 50.8 Å². The highest BCUT2D eigenvalue weighted by Gasteiger charge is 2.41. The molecule has 2 fully saturated rings. The number of rotatable bonds is 5. The quantitative estimate of drug-likeness (QED) is 0.625. The van der Waals surface area contributed by atoms with Gasteiger partial charge in [-0.05, 0) is 31.0 Å². The zero-order valence-electron chi connectivity index (χ0n) is 14.0. The van der Waals surface area contributed by atoms with E-state index in [1.807, 2.05) is 0 Å². The lowest BCUT2D eigenvalue weighted by atomic mass is 10.2. The van der Waals surface area contributed by atoms with Crippen LogP contribution in [0, 0.1) is 0 Å². The fourth-order valence-corrected chi connectivity index (χ4v) is 8.57. The van der Waals surface area contributed by atoms with E-state index in [4.69, 9.17) is 23.2 Å². The van der Waals surface area contributed by atoms with Crippen LogP contribution >= 0.6 is 23.2 Å². The van der Waals surface area contributed by atoms with Gasteiger partial charge in [0, 0.05) is 6.04 Å². The van der Waals surface area contributed by atoms with Crippen LogP contribution in [-0.2, 0) is 29.7 Å². The maximum Gasteiger partial charge on any atom is 0.256 e. The molecule has 0 unspecified atom stereocenters. The molecule has 2 atom stereocenters. The molecule has 13 heteroatoms. The van der Waals surface area contributed by atoms with Gasteiger partial charge < -0.3 is 0 Å². The second-order valence-corrected chi connectivity index (χ2v) is 13.7. The van der Waals surface area contributed by atoms with Gasteiger partial charge in [0.15, 0.2) is 19.7 Å². The van der Waals surface area contributed by atoms with Gasteiger partial charge in [0.1, 0.15) is 0 Å². The van der Waals surface area contributed by atoms with Gasteiger partial charge >= 0.3 is 0 Å². The van der Waals surface area contributed by atoms with Crippen LogP contribution in [0.5, 0.6) is 0 Å². The molecule has 0 spiro atoms. The number of hydrogen-bond donors (Lipinski definition) is 1. The molecule has 1 aromatic rings. The first kappa shape index (κ1) is 21.3. The third-order valence-corrected chi connectivity index (χ3v) is 10.6. The van der Waals surface area contributed by atoms with Crippen molar-refractivity contribution in [2.24, 2.45) is 0 Å². The number of halogens is 2. The predicted octanol–water partition coefficient (Wildman–Crippen LogP) is 0.863. The van der Waals surface area contributed by atoms with Crippen LogP contribution in [0.4, 0.5) is 0 Å². The van der Waals surface area contributed by atoms with Gasteiger partial charge in [0.2, 0.25) is 0 Å². The van der Waals surface area contributed by atoms with Crippen LogP contribution in [0.2, 0.25) is 10.0 Å². The Morgan fingerprint density at radius 3 is 2.11 bits per heavy atom. The standard InChI is InChI=1S/C14H18Cl2N2O6S3/c15-13-2-1-12(7-14(13)16)27(23,24)18(11-4-6-26(21,22)9-11)17-10-3-5-25(19,20)8-10/h1-2,7,10-11,17H,3-6,8-9H2/t10-,11-/m0/s1. The summed E-state index contributed by atoms with van der Waals surface area (Å²) in [6, 6.07) is 2.34. The summed E-state index contributed by atoms with van der Waals surface area (Å²) in [5.41, 5.74) is 2.75. The molecule has 152 valence electrons. The molecule has 0 radical (unpaired) electrons. The van der Waals surface area contributed by atoms with Gasteiger partial charge in [-0.2, -0.15) is 0 Å². The predicted molar refractivity (Wildman–Crippen MR) is 103 cm³/mol. The highest BCUT2D eigenvalue weighted by molar-refractivity contribution is 7.92. The van der Waals surface area contributed by atoms with E-state index in [0.717, 1.165) is 4.41 Å². The van der Waals surface area contributed by atoms with Crippen molar-refractivity contribution >= 4 is 52.9 Å². The second kappa shape index (κ2) is 7.43. The summed E-state index contributed by atoms with van der Waals surface area (Å²) < 4.78 is 74.4. The summed E-state index contributed by atoms with van der Waals surface area (Å²) in [5.74, 6) is -0.718. The molecule has 1 aromatic carbocycles. The van der Waals surface area contributed by atoms with Gasteiger partial charge in [-0.1, -0.05) is 23.2 Å². The number of hydrazine groups is 1. The molecule has 0 saturated carbocycles. The number of sulfonamides is 1. The third-order valence-electron chi connectivity index (χ3n) is 4.53.